The molecule has 0 aromatic heterocycles. The van der Waals surface area contributed by atoms with Gasteiger partial charge >= 0.3 is 5.97 Å². The minimum Gasteiger partial charge on any atom is -0.486 e. The average Bonchev–Trinajstić information content (AvgIpc) is 3.13. The molecule has 0 radical (unpaired) electrons. The highest BCUT2D eigenvalue weighted by Crippen LogP contribution is 2.48. The molecule has 1 N–H and O–H groups in total. The van der Waals surface area contributed by atoms with Crippen LogP contribution in [0.1, 0.15) is 45.5 Å². The second kappa shape index (κ2) is 9.49. The Labute approximate surface area is 219 Å². The fraction of sp³-hybridized carbons (Fsp3) is 0.172. The molecule has 2 aliphatic rings. The van der Waals surface area contributed by atoms with Crippen LogP contribution in [0.2, 0.25) is 10.0 Å². The van der Waals surface area contributed by atoms with Crippen molar-refractivity contribution in [2.75, 3.05) is 7.11 Å². The van der Waals surface area contributed by atoms with Crippen LogP contribution in [0.5, 0.6) is 5.75 Å². The number of ether oxygens (including phenoxy) is 2. The molecule has 0 saturated carbocycles. The molecule has 1 aliphatic carbocycles. The molecule has 5 rings (SSSR count). The van der Waals surface area contributed by atoms with Crippen molar-refractivity contribution < 1.29 is 19.1 Å². The minimum absolute atomic E-state index is 0.154. The SMILES string of the molecule is COC(=O)C1=C(C)NC2=C(C(=O)c3ccccc32)[C@H]1c1cc(Cl)c(OCc2cccc(C)c2)c(Cl)c1. The van der Waals surface area contributed by atoms with Gasteiger partial charge in [0, 0.05) is 28.3 Å². The molecule has 3 aromatic rings. The van der Waals surface area contributed by atoms with Crippen molar-refractivity contribution in [2.45, 2.75) is 26.4 Å². The van der Waals surface area contributed by atoms with Gasteiger partial charge in [-0.1, -0.05) is 77.3 Å². The number of allylic oxidation sites excluding steroid dienone is 2. The summed E-state index contributed by atoms with van der Waals surface area (Å²) in [6.45, 7) is 4.09. The van der Waals surface area contributed by atoms with Gasteiger partial charge in [0.05, 0.1) is 28.4 Å². The predicted octanol–water partition coefficient (Wildman–Crippen LogP) is 6.62. The molecule has 7 heteroatoms. The summed E-state index contributed by atoms with van der Waals surface area (Å²) in [4.78, 5) is 26.4. The average molecular weight is 520 g/mol. The number of hydrogen-bond acceptors (Lipinski definition) is 5. The molecular formula is C29H23Cl2NO4. The van der Waals surface area contributed by atoms with Crippen LogP contribution in [0, 0.1) is 6.92 Å². The third-order valence-electron chi connectivity index (χ3n) is 6.47. The van der Waals surface area contributed by atoms with Crippen LogP contribution in [-0.2, 0) is 16.1 Å². The lowest BCUT2D eigenvalue weighted by Gasteiger charge is -2.29. The molecule has 1 heterocycles. The van der Waals surface area contributed by atoms with Gasteiger partial charge in [-0.3, -0.25) is 4.79 Å². The molecule has 0 amide bonds. The summed E-state index contributed by atoms with van der Waals surface area (Å²) < 4.78 is 11.1. The van der Waals surface area contributed by atoms with E-state index >= 15 is 0 Å². The van der Waals surface area contributed by atoms with Crippen molar-refractivity contribution in [1.82, 2.24) is 5.32 Å². The maximum Gasteiger partial charge on any atom is 0.336 e. The van der Waals surface area contributed by atoms with Crippen LogP contribution in [0.4, 0.5) is 0 Å². The molecule has 0 saturated heterocycles. The van der Waals surface area contributed by atoms with Crippen molar-refractivity contribution >= 4 is 40.7 Å². The van der Waals surface area contributed by atoms with E-state index in [0.29, 0.717) is 46.0 Å². The predicted molar refractivity (Wildman–Crippen MR) is 140 cm³/mol. The lowest BCUT2D eigenvalue weighted by molar-refractivity contribution is -0.136. The van der Waals surface area contributed by atoms with E-state index in [1.807, 2.05) is 49.4 Å². The largest absolute Gasteiger partial charge is 0.486 e. The van der Waals surface area contributed by atoms with Crippen LogP contribution < -0.4 is 10.1 Å². The maximum atomic E-state index is 13.5. The Morgan fingerprint density at radius 3 is 2.33 bits per heavy atom. The summed E-state index contributed by atoms with van der Waals surface area (Å²) in [5, 5.41) is 3.84. The molecule has 0 unspecified atom stereocenters. The molecule has 3 aromatic carbocycles. The van der Waals surface area contributed by atoms with Crippen LogP contribution in [0.25, 0.3) is 5.70 Å². The number of halogens is 2. The van der Waals surface area contributed by atoms with Gasteiger partial charge < -0.3 is 14.8 Å². The van der Waals surface area contributed by atoms with Gasteiger partial charge in [-0.2, -0.15) is 0 Å². The van der Waals surface area contributed by atoms with E-state index in [1.54, 1.807) is 25.1 Å². The van der Waals surface area contributed by atoms with Gasteiger partial charge in [-0.25, -0.2) is 4.79 Å². The number of fused-ring (bicyclic) bond motifs is 2. The van der Waals surface area contributed by atoms with Gasteiger partial charge in [0.25, 0.3) is 0 Å². The smallest absolute Gasteiger partial charge is 0.336 e. The Bertz CT molecular complexity index is 1470. The number of benzene rings is 3. The Morgan fingerprint density at radius 2 is 1.67 bits per heavy atom. The number of ketones is 1. The first-order chi connectivity index (χ1) is 17.3. The normalized spacial score (nSPS) is 16.5. The molecule has 36 heavy (non-hydrogen) atoms. The molecular weight excluding hydrogens is 497 g/mol. The van der Waals surface area contributed by atoms with E-state index in [4.69, 9.17) is 32.7 Å². The Kier molecular flexibility index (Phi) is 6.37. The first-order valence-electron chi connectivity index (χ1n) is 11.4. The van der Waals surface area contributed by atoms with E-state index in [0.717, 1.165) is 16.7 Å². The first-order valence-corrected chi connectivity index (χ1v) is 12.2. The van der Waals surface area contributed by atoms with Crippen molar-refractivity contribution in [3.8, 4) is 5.75 Å². The summed E-state index contributed by atoms with van der Waals surface area (Å²) in [6, 6.07) is 18.7. The summed E-state index contributed by atoms with van der Waals surface area (Å²) in [5.74, 6) is -1.06. The van der Waals surface area contributed by atoms with Crippen LogP contribution >= 0.6 is 23.2 Å². The maximum absolute atomic E-state index is 13.5. The quantitative estimate of drug-likeness (QED) is 0.383. The number of dihydropyridines is 1. The third-order valence-corrected chi connectivity index (χ3v) is 7.04. The van der Waals surface area contributed by atoms with Crippen molar-refractivity contribution in [2.24, 2.45) is 0 Å². The van der Waals surface area contributed by atoms with E-state index in [9.17, 15) is 9.59 Å². The Hall–Kier alpha value is -3.54. The molecule has 5 nitrogen and oxygen atoms in total. The van der Waals surface area contributed by atoms with Gasteiger partial charge in [-0.15, -0.1) is 0 Å². The lowest BCUT2D eigenvalue weighted by Crippen LogP contribution is -2.29. The zero-order valence-electron chi connectivity index (χ0n) is 19.9. The topological polar surface area (TPSA) is 64.6 Å². The summed E-state index contributed by atoms with van der Waals surface area (Å²) in [5.41, 5.74) is 6.15. The van der Waals surface area contributed by atoms with E-state index in [2.05, 4.69) is 5.32 Å². The standard InChI is InChI=1S/C29H23Cl2NO4/c1-15-7-6-8-17(11-15)14-36-28-21(30)12-18(13-22(28)31)24-23(29(34)35-3)16(2)32-26-19-9-4-5-10-20(19)27(33)25(24)26/h4-13,24,32H,14H2,1-3H3/t24-/m0/s1. The number of Topliss-reactive ketones (excluding diaryl/α,β-unsaturated/α-hetero) is 1. The monoisotopic (exact) mass is 519 g/mol. The number of nitrogens with one attached hydrogen (secondary N) is 1. The number of methoxy groups -OCH3 is 1. The Morgan fingerprint density at radius 1 is 0.972 bits per heavy atom. The fourth-order valence-electron chi connectivity index (χ4n) is 4.88. The third kappa shape index (κ3) is 4.08. The van der Waals surface area contributed by atoms with Crippen molar-refractivity contribution in [3.63, 3.8) is 0 Å². The second-order valence-electron chi connectivity index (χ2n) is 8.84. The van der Waals surface area contributed by atoms with Gasteiger partial charge in [0.15, 0.2) is 11.5 Å². The number of carbonyl (C=O) groups is 2. The van der Waals surface area contributed by atoms with Crippen LogP contribution in [0.3, 0.4) is 0 Å². The van der Waals surface area contributed by atoms with E-state index in [-0.39, 0.29) is 15.8 Å². The number of esters is 1. The molecule has 0 fully saturated rings. The summed E-state index contributed by atoms with van der Waals surface area (Å²) in [6.07, 6.45) is 0. The molecule has 0 bridgehead atoms. The molecule has 182 valence electrons. The van der Waals surface area contributed by atoms with Crippen LogP contribution in [0.15, 0.2) is 77.5 Å². The second-order valence-corrected chi connectivity index (χ2v) is 9.66. The molecule has 1 aliphatic heterocycles. The zero-order valence-corrected chi connectivity index (χ0v) is 21.5. The van der Waals surface area contributed by atoms with Crippen molar-refractivity contribution in [3.05, 3.63) is 115 Å². The lowest BCUT2D eigenvalue weighted by atomic mass is 9.80. The highest BCUT2D eigenvalue weighted by molar-refractivity contribution is 6.37. The summed E-state index contributed by atoms with van der Waals surface area (Å²) in [7, 11) is 1.32. The Balaban J connectivity index is 1.58. The molecule has 0 spiro atoms. The number of carbonyl (C=O) groups excluding carboxylic acids is 2. The first kappa shape index (κ1) is 24.2. The minimum atomic E-state index is -0.713. The summed E-state index contributed by atoms with van der Waals surface area (Å²) >= 11 is 13.3. The number of hydrogen-bond donors (Lipinski definition) is 1. The van der Waals surface area contributed by atoms with Gasteiger partial charge in [0.1, 0.15) is 6.61 Å². The van der Waals surface area contributed by atoms with E-state index < -0.39 is 11.9 Å². The van der Waals surface area contributed by atoms with Gasteiger partial charge in [0.2, 0.25) is 0 Å². The van der Waals surface area contributed by atoms with Crippen LogP contribution in [-0.4, -0.2) is 18.9 Å². The number of aryl methyl sites for hydroxylation is 1. The van der Waals surface area contributed by atoms with Gasteiger partial charge in [-0.05, 0) is 37.1 Å². The number of rotatable bonds is 5. The van der Waals surface area contributed by atoms with Crippen molar-refractivity contribution in [1.29, 1.82) is 0 Å². The highest BCUT2D eigenvalue weighted by Gasteiger charge is 2.43. The van der Waals surface area contributed by atoms with E-state index in [1.165, 1.54) is 7.11 Å². The fourth-order valence-corrected chi connectivity index (χ4v) is 5.50. The zero-order chi connectivity index (χ0) is 25.6. The molecule has 1 atom stereocenters. The highest BCUT2D eigenvalue weighted by atomic mass is 35.5.